The normalized spacial score (nSPS) is 16.9. The number of benzene rings is 2. The van der Waals surface area contributed by atoms with Crippen LogP contribution in [-0.2, 0) is 4.79 Å². The number of hydrogen-bond donors (Lipinski definition) is 0. The first-order chi connectivity index (χ1) is 13.2. The molecule has 3 aromatic rings. The van der Waals surface area contributed by atoms with Crippen LogP contribution in [0.1, 0.15) is 12.0 Å². The SMILES string of the molecule is O=C(/C=C/c1ccccc1Cl)N1CC[C@@H](Oc2cccc3cccnc23)C1. The van der Waals surface area contributed by atoms with E-state index in [0.717, 1.165) is 28.6 Å². The molecular weight excluding hydrogens is 360 g/mol. The summed E-state index contributed by atoms with van der Waals surface area (Å²) in [6, 6.07) is 17.3. The number of aromatic nitrogens is 1. The summed E-state index contributed by atoms with van der Waals surface area (Å²) in [4.78, 5) is 18.7. The fourth-order valence-corrected chi connectivity index (χ4v) is 3.45. The van der Waals surface area contributed by atoms with E-state index in [9.17, 15) is 4.79 Å². The van der Waals surface area contributed by atoms with Crippen molar-refractivity contribution in [2.75, 3.05) is 13.1 Å². The van der Waals surface area contributed by atoms with Crippen molar-refractivity contribution in [3.63, 3.8) is 0 Å². The molecule has 5 heteroatoms. The van der Waals surface area contributed by atoms with Gasteiger partial charge < -0.3 is 9.64 Å². The molecule has 1 saturated heterocycles. The number of carbonyl (C=O) groups is 1. The van der Waals surface area contributed by atoms with Gasteiger partial charge in [0, 0.05) is 35.6 Å². The molecule has 2 aromatic carbocycles. The van der Waals surface area contributed by atoms with Gasteiger partial charge in [-0.25, -0.2) is 0 Å². The molecule has 0 radical (unpaired) electrons. The molecule has 1 aliphatic heterocycles. The van der Waals surface area contributed by atoms with Crippen molar-refractivity contribution in [3.05, 3.63) is 77.5 Å². The topological polar surface area (TPSA) is 42.4 Å². The molecule has 1 amide bonds. The standard InChI is InChI=1S/C22H19ClN2O2/c23-19-8-2-1-5-16(19)10-11-21(26)25-14-12-18(15-25)27-20-9-3-6-17-7-4-13-24-22(17)20/h1-11,13,18H,12,14-15H2/b11-10+/t18-/m1/s1. The summed E-state index contributed by atoms with van der Waals surface area (Å²) in [6.07, 6.45) is 5.86. The number of hydrogen-bond acceptors (Lipinski definition) is 3. The van der Waals surface area contributed by atoms with E-state index in [1.165, 1.54) is 0 Å². The number of amides is 1. The third kappa shape index (κ3) is 3.96. The van der Waals surface area contributed by atoms with Crippen molar-refractivity contribution < 1.29 is 9.53 Å². The maximum atomic E-state index is 12.5. The molecule has 0 spiro atoms. The number of carbonyl (C=O) groups excluding carboxylic acids is 1. The molecule has 0 saturated carbocycles. The van der Waals surface area contributed by atoms with Crippen molar-refractivity contribution in [2.45, 2.75) is 12.5 Å². The molecule has 0 N–H and O–H groups in total. The predicted octanol–water partition coefficient (Wildman–Crippen LogP) is 4.58. The van der Waals surface area contributed by atoms with Crippen LogP contribution in [0.2, 0.25) is 5.02 Å². The Bertz CT molecular complexity index is 997. The Morgan fingerprint density at radius 3 is 2.89 bits per heavy atom. The number of nitrogens with zero attached hydrogens (tertiary/aromatic N) is 2. The highest BCUT2D eigenvalue weighted by atomic mass is 35.5. The van der Waals surface area contributed by atoms with Crippen molar-refractivity contribution >= 4 is 34.5 Å². The zero-order valence-corrected chi connectivity index (χ0v) is 15.5. The van der Waals surface area contributed by atoms with Gasteiger partial charge >= 0.3 is 0 Å². The van der Waals surface area contributed by atoms with Gasteiger partial charge in [0.05, 0.1) is 6.54 Å². The van der Waals surface area contributed by atoms with E-state index in [4.69, 9.17) is 16.3 Å². The molecule has 0 aliphatic carbocycles. The van der Waals surface area contributed by atoms with Gasteiger partial charge in [-0.05, 0) is 29.8 Å². The molecule has 0 unspecified atom stereocenters. The fourth-order valence-electron chi connectivity index (χ4n) is 3.25. The number of halogens is 1. The van der Waals surface area contributed by atoms with E-state index >= 15 is 0 Å². The molecule has 136 valence electrons. The molecular formula is C22H19ClN2O2. The van der Waals surface area contributed by atoms with Gasteiger partial charge in [-0.1, -0.05) is 48.0 Å². The Hall–Kier alpha value is -2.85. The van der Waals surface area contributed by atoms with E-state index in [0.29, 0.717) is 18.1 Å². The molecule has 1 aliphatic rings. The average molecular weight is 379 g/mol. The minimum Gasteiger partial charge on any atom is -0.486 e. The predicted molar refractivity (Wildman–Crippen MR) is 108 cm³/mol. The summed E-state index contributed by atoms with van der Waals surface area (Å²) in [5.41, 5.74) is 1.68. The van der Waals surface area contributed by atoms with Gasteiger partial charge in [0.15, 0.2) is 0 Å². The number of para-hydroxylation sites is 1. The Morgan fingerprint density at radius 2 is 2.00 bits per heavy atom. The minimum atomic E-state index is -0.0322. The van der Waals surface area contributed by atoms with Crippen LogP contribution in [-0.4, -0.2) is 35.0 Å². The summed E-state index contributed by atoms with van der Waals surface area (Å²) in [6.45, 7) is 1.24. The van der Waals surface area contributed by atoms with Crippen LogP contribution < -0.4 is 4.74 Å². The first-order valence-corrected chi connectivity index (χ1v) is 9.30. The summed E-state index contributed by atoms with van der Waals surface area (Å²) >= 11 is 6.13. The van der Waals surface area contributed by atoms with Crippen LogP contribution >= 0.6 is 11.6 Å². The lowest BCUT2D eigenvalue weighted by Crippen LogP contribution is -2.29. The molecule has 1 fully saturated rings. The summed E-state index contributed by atoms with van der Waals surface area (Å²) in [7, 11) is 0. The van der Waals surface area contributed by atoms with Crippen LogP contribution in [0.25, 0.3) is 17.0 Å². The molecule has 4 rings (SSSR count). The van der Waals surface area contributed by atoms with E-state index < -0.39 is 0 Å². The third-order valence-corrected chi connectivity index (χ3v) is 5.00. The van der Waals surface area contributed by atoms with Crippen LogP contribution in [0.15, 0.2) is 66.9 Å². The van der Waals surface area contributed by atoms with Crippen molar-refractivity contribution in [1.82, 2.24) is 9.88 Å². The average Bonchev–Trinajstić information content (AvgIpc) is 3.16. The largest absolute Gasteiger partial charge is 0.486 e. The zero-order valence-electron chi connectivity index (χ0n) is 14.7. The fraction of sp³-hybridized carbons (Fsp3) is 0.182. The third-order valence-electron chi connectivity index (χ3n) is 4.66. The van der Waals surface area contributed by atoms with Gasteiger partial charge in [-0.15, -0.1) is 0 Å². The molecule has 0 bridgehead atoms. The van der Waals surface area contributed by atoms with E-state index in [1.54, 1.807) is 23.2 Å². The van der Waals surface area contributed by atoms with Crippen molar-refractivity contribution in [3.8, 4) is 5.75 Å². The Balaban J connectivity index is 1.41. The first kappa shape index (κ1) is 17.6. The smallest absolute Gasteiger partial charge is 0.246 e. The van der Waals surface area contributed by atoms with Crippen LogP contribution in [0.4, 0.5) is 0 Å². The van der Waals surface area contributed by atoms with Crippen molar-refractivity contribution in [2.24, 2.45) is 0 Å². The second-order valence-corrected chi connectivity index (χ2v) is 6.91. The monoisotopic (exact) mass is 378 g/mol. The highest BCUT2D eigenvalue weighted by molar-refractivity contribution is 6.32. The van der Waals surface area contributed by atoms with Gasteiger partial charge in [0.2, 0.25) is 5.91 Å². The lowest BCUT2D eigenvalue weighted by Gasteiger charge is -2.16. The maximum Gasteiger partial charge on any atom is 0.246 e. The minimum absolute atomic E-state index is 0.0305. The van der Waals surface area contributed by atoms with Crippen LogP contribution in [0, 0.1) is 0 Å². The molecule has 4 nitrogen and oxygen atoms in total. The summed E-state index contributed by atoms with van der Waals surface area (Å²) in [5, 5.41) is 1.68. The summed E-state index contributed by atoms with van der Waals surface area (Å²) in [5.74, 6) is 0.732. The number of fused-ring (bicyclic) bond motifs is 1. The van der Waals surface area contributed by atoms with Crippen LogP contribution in [0.3, 0.4) is 0 Å². The highest BCUT2D eigenvalue weighted by Crippen LogP contribution is 2.26. The number of rotatable bonds is 4. The number of pyridine rings is 1. The second-order valence-electron chi connectivity index (χ2n) is 6.50. The van der Waals surface area contributed by atoms with Gasteiger partial charge in [0.25, 0.3) is 0 Å². The Morgan fingerprint density at radius 1 is 1.15 bits per heavy atom. The highest BCUT2D eigenvalue weighted by Gasteiger charge is 2.27. The van der Waals surface area contributed by atoms with Crippen LogP contribution in [0.5, 0.6) is 5.75 Å². The Kier molecular flexibility index (Phi) is 5.07. The second kappa shape index (κ2) is 7.80. The Labute approximate surface area is 163 Å². The van der Waals surface area contributed by atoms with Gasteiger partial charge in [0.1, 0.15) is 17.4 Å². The number of likely N-dealkylation sites (tertiary alicyclic amines) is 1. The van der Waals surface area contributed by atoms with E-state index in [2.05, 4.69) is 4.98 Å². The lowest BCUT2D eigenvalue weighted by atomic mass is 10.2. The summed E-state index contributed by atoms with van der Waals surface area (Å²) < 4.78 is 6.15. The molecule has 1 atom stereocenters. The van der Waals surface area contributed by atoms with E-state index in [1.807, 2.05) is 54.6 Å². The molecule has 1 aromatic heterocycles. The first-order valence-electron chi connectivity index (χ1n) is 8.92. The maximum absolute atomic E-state index is 12.5. The van der Waals surface area contributed by atoms with Crippen molar-refractivity contribution in [1.29, 1.82) is 0 Å². The molecule has 27 heavy (non-hydrogen) atoms. The lowest BCUT2D eigenvalue weighted by molar-refractivity contribution is -0.125. The zero-order chi connectivity index (χ0) is 18.6. The van der Waals surface area contributed by atoms with E-state index in [-0.39, 0.29) is 12.0 Å². The molecule has 2 heterocycles. The van der Waals surface area contributed by atoms with Gasteiger partial charge in [-0.2, -0.15) is 0 Å². The quantitative estimate of drug-likeness (QED) is 0.624. The van der Waals surface area contributed by atoms with Gasteiger partial charge in [-0.3, -0.25) is 9.78 Å². The number of ether oxygens (including phenoxy) is 1.